The maximum Gasteiger partial charge on any atom is 0.246 e. The number of methoxy groups -OCH3 is 1. The van der Waals surface area contributed by atoms with E-state index in [2.05, 4.69) is 18.9 Å². The van der Waals surface area contributed by atoms with Crippen LogP contribution < -0.4 is 9.47 Å². The van der Waals surface area contributed by atoms with Crippen molar-refractivity contribution < 1.29 is 14.3 Å². The van der Waals surface area contributed by atoms with Crippen molar-refractivity contribution in [1.82, 2.24) is 9.80 Å². The number of likely N-dealkylation sites (N-methyl/N-ethyl adjacent to an activating group) is 1. The highest BCUT2D eigenvalue weighted by molar-refractivity contribution is 5.91. The Bertz CT molecular complexity index is 649. The van der Waals surface area contributed by atoms with Crippen LogP contribution in [0.15, 0.2) is 24.3 Å². The Morgan fingerprint density at radius 1 is 1.22 bits per heavy atom. The van der Waals surface area contributed by atoms with Gasteiger partial charge in [0, 0.05) is 19.2 Å². The summed E-state index contributed by atoms with van der Waals surface area (Å²) in [5.74, 6) is 1.98. The standard InChI is InChI=1S/C22H34N2O3/c1-16(2)27-20-9-7-18(15-21(20)26-6)8-10-22(25)24(5)17(3)19-11-13-23(4)14-12-19/h7-10,15-17,19H,11-14H2,1-6H3/b10-8+. The lowest BCUT2D eigenvalue weighted by molar-refractivity contribution is -0.127. The molecule has 0 aliphatic carbocycles. The van der Waals surface area contributed by atoms with E-state index in [0.29, 0.717) is 17.4 Å². The summed E-state index contributed by atoms with van der Waals surface area (Å²) in [7, 11) is 5.68. The molecular weight excluding hydrogens is 340 g/mol. The average Bonchev–Trinajstić information content (AvgIpc) is 2.65. The maximum atomic E-state index is 12.6. The summed E-state index contributed by atoms with van der Waals surface area (Å²) < 4.78 is 11.1. The van der Waals surface area contributed by atoms with Gasteiger partial charge in [0.05, 0.1) is 13.2 Å². The van der Waals surface area contributed by atoms with Crippen molar-refractivity contribution in [2.75, 3.05) is 34.3 Å². The van der Waals surface area contributed by atoms with Crippen molar-refractivity contribution in [3.8, 4) is 11.5 Å². The highest BCUT2D eigenvalue weighted by Crippen LogP contribution is 2.29. The maximum absolute atomic E-state index is 12.6. The Kier molecular flexibility index (Phi) is 7.72. The molecule has 0 spiro atoms. The highest BCUT2D eigenvalue weighted by atomic mass is 16.5. The second kappa shape index (κ2) is 9.79. The molecule has 5 heteroatoms. The second-order valence-electron chi connectivity index (χ2n) is 7.74. The number of carbonyl (C=O) groups excluding carboxylic acids is 1. The quantitative estimate of drug-likeness (QED) is 0.683. The lowest BCUT2D eigenvalue weighted by Crippen LogP contribution is -2.43. The Balaban J connectivity index is 2.00. The number of nitrogens with zero attached hydrogens (tertiary/aromatic N) is 2. The first-order valence-electron chi connectivity index (χ1n) is 9.80. The minimum absolute atomic E-state index is 0.0305. The number of amides is 1. The largest absolute Gasteiger partial charge is 0.493 e. The number of hydrogen-bond acceptors (Lipinski definition) is 4. The summed E-state index contributed by atoms with van der Waals surface area (Å²) in [4.78, 5) is 16.8. The molecule has 27 heavy (non-hydrogen) atoms. The van der Waals surface area contributed by atoms with Crippen LogP contribution >= 0.6 is 0 Å². The van der Waals surface area contributed by atoms with E-state index in [1.165, 1.54) is 0 Å². The molecule has 1 aromatic carbocycles. The third-order valence-electron chi connectivity index (χ3n) is 5.37. The predicted octanol–water partition coefficient (Wildman–Crippen LogP) is 3.68. The van der Waals surface area contributed by atoms with Crippen molar-refractivity contribution in [2.45, 2.75) is 45.8 Å². The Hall–Kier alpha value is -2.01. The molecule has 1 saturated heterocycles. The summed E-state index contributed by atoms with van der Waals surface area (Å²) in [6, 6.07) is 5.95. The molecule has 1 unspecified atom stereocenters. The SMILES string of the molecule is COc1cc(/C=C/C(=O)N(C)C(C)C2CCN(C)CC2)ccc1OC(C)C. The fraction of sp³-hybridized carbons (Fsp3) is 0.591. The number of likely N-dealkylation sites (tertiary alicyclic amines) is 1. The first kappa shape index (κ1) is 21.3. The van der Waals surface area contributed by atoms with Crippen molar-refractivity contribution in [3.05, 3.63) is 29.8 Å². The van der Waals surface area contributed by atoms with Crippen LogP contribution in [0, 0.1) is 5.92 Å². The van der Waals surface area contributed by atoms with Crippen LogP contribution in [0.4, 0.5) is 0 Å². The van der Waals surface area contributed by atoms with Gasteiger partial charge in [-0.3, -0.25) is 4.79 Å². The van der Waals surface area contributed by atoms with Crippen LogP contribution in [0.3, 0.4) is 0 Å². The number of piperidine rings is 1. The zero-order valence-electron chi connectivity index (χ0n) is 17.6. The third-order valence-corrected chi connectivity index (χ3v) is 5.37. The minimum atomic E-state index is 0.0305. The van der Waals surface area contributed by atoms with E-state index in [4.69, 9.17) is 9.47 Å². The smallest absolute Gasteiger partial charge is 0.246 e. The zero-order chi connectivity index (χ0) is 20.0. The molecular formula is C22H34N2O3. The van der Waals surface area contributed by atoms with Crippen LogP contribution in [0.1, 0.15) is 39.2 Å². The molecule has 0 aromatic heterocycles. The molecule has 150 valence electrons. The fourth-order valence-electron chi connectivity index (χ4n) is 3.45. The lowest BCUT2D eigenvalue weighted by atomic mass is 9.89. The van der Waals surface area contributed by atoms with Gasteiger partial charge in [-0.1, -0.05) is 6.07 Å². The number of ether oxygens (including phenoxy) is 2. The normalized spacial score (nSPS) is 17.3. The van der Waals surface area contributed by atoms with Crippen LogP contribution in [0.2, 0.25) is 0 Å². The van der Waals surface area contributed by atoms with Crippen molar-refractivity contribution in [1.29, 1.82) is 0 Å². The van der Waals surface area contributed by atoms with E-state index >= 15 is 0 Å². The molecule has 0 saturated carbocycles. The number of rotatable bonds is 7. The van der Waals surface area contributed by atoms with E-state index in [1.807, 2.05) is 50.1 Å². The number of hydrogen-bond donors (Lipinski definition) is 0. The molecule has 1 atom stereocenters. The first-order chi connectivity index (χ1) is 12.8. The molecule has 2 rings (SSSR count). The van der Waals surface area contributed by atoms with E-state index < -0.39 is 0 Å². The zero-order valence-corrected chi connectivity index (χ0v) is 17.6. The average molecular weight is 375 g/mol. The number of benzene rings is 1. The summed E-state index contributed by atoms with van der Waals surface area (Å²) in [5, 5.41) is 0. The molecule has 0 N–H and O–H groups in total. The highest BCUT2D eigenvalue weighted by Gasteiger charge is 2.26. The van der Waals surface area contributed by atoms with Crippen molar-refractivity contribution in [3.63, 3.8) is 0 Å². The molecule has 1 fully saturated rings. The van der Waals surface area contributed by atoms with Crippen LogP contribution in [0.25, 0.3) is 6.08 Å². The van der Waals surface area contributed by atoms with Crippen LogP contribution in [-0.2, 0) is 4.79 Å². The molecule has 1 aliphatic heterocycles. The van der Waals surface area contributed by atoms with Gasteiger partial charge < -0.3 is 19.3 Å². The van der Waals surface area contributed by atoms with Gasteiger partial charge in [0.25, 0.3) is 0 Å². The molecule has 0 radical (unpaired) electrons. The second-order valence-corrected chi connectivity index (χ2v) is 7.74. The molecule has 0 bridgehead atoms. The fourth-order valence-corrected chi connectivity index (χ4v) is 3.45. The molecule has 1 aromatic rings. The van der Waals surface area contributed by atoms with Crippen LogP contribution in [-0.4, -0.2) is 62.1 Å². The van der Waals surface area contributed by atoms with E-state index in [9.17, 15) is 4.79 Å². The third kappa shape index (κ3) is 5.99. The van der Waals surface area contributed by atoms with Crippen LogP contribution in [0.5, 0.6) is 11.5 Å². The molecule has 1 amide bonds. The number of carbonyl (C=O) groups is 1. The van der Waals surface area contributed by atoms with Gasteiger partial charge in [-0.2, -0.15) is 0 Å². The van der Waals surface area contributed by atoms with Gasteiger partial charge in [0.2, 0.25) is 5.91 Å². The molecule has 1 heterocycles. The lowest BCUT2D eigenvalue weighted by Gasteiger charge is -2.36. The van der Waals surface area contributed by atoms with Crippen molar-refractivity contribution in [2.24, 2.45) is 5.92 Å². The minimum Gasteiger partial charge on any atom is -0.493 e. The first-order valence-corrected chi connectivity index (χ1v) is 9.80. The summed E-state index contributed by atoms with van der Waals surface area (Å²) in [6.45, 7) is 8.33. The van der Waals surface area contributed by atoms with E-state index in [0.717, 1.165) is 31.5 Å². The monoisotopic (exact) mass is 374 g/mol. The van der Waals surface area contributed by atoms with Crippen molar-refractivity contribution >= 4 is 12.0 Å². The molecule has 1 aliphatic rings. The van der Waals surface area contributed by atoms with Gasteiger partial charge in [0.15, 0.2) is 11.5 Å². The Morgan fingerprint density at radius 2 is 1.89 bits per heavy atom. The van der Waals surface area contributed by atoms with Gasteiger partial charge in [-0.05, 0) is 83.4 Å². The summed E-state index contributed by atoms with van der Waals surface area (Å²) in [6.07, 6.45) is 5.85. The van der Waals surface area contributed by atoms with E-state index in [-0.39, 0.29) is 18.1 Å². The van der Waals surface area contributed by atoms with Gasteiger partial charge in [-0.15, -0.1) is 0 Å². The summed E-state index contributed by atoms with van der Waals surface area (Å²) in [5.41, 5.74) is 0.914. The Labute approximate surface area is 163 Å². The molecule has 5 nitrogen and oxygen atoms in total. The predicted molar refractivity (Wildman–Crippen MR) is 110 cm³/mol. The van der Waals surface area contributed by atoms with Gasteiger partial charge in [0.1, 0.15) is 0 Å². The summed E-state index contributed by atoms with van der Waals surface area (Å²) >= 11 is 0. The Morgan fingerprint density at radius 3 is 2.48 bits per heavy atom. The van der Waals surface area contributed by atoms with Gasteiger partial charge in [-0.25, -0.2) is 0 Å². The van der Waals surface area contributed by atoms with E-state index in [1.54, 1.807) is 13.2 Å². The van der Waals surface area contributed by atoms with Gasteiger partial charge >= 0.3 is 0 Å². The topological polar surface area (TPSA) is 42.0 Å².